The van der Waals surface area contributed by atoms with E-state index in [4.69, 9.17) is 0 Å². The van der Waals surface area contributed by atoms with Gasteiger partial charge in [-0.25, -0.2) is 0 Å². The quantitative estimate of drug-likeness (QED) is 0.768. The molecule has 1 unspecified atom stereocenters. The van der Waals surface area contributed by atoms with Gasteiger partial charge in [0.1, 0.15) is 0 Å². The summed E-state index contributed by atoms with van der Waals surface area (Å²) in [5, 5.41) is 0. The van der Waals surface area contributed by atoms with Crippen LogP contribution in [-0.2, 0) is 9.59 Å². The Morgan fingerprint density at radius 1 is 0.700 bits per heavy atom. The summed E-state index contributed by atoms with van der Waals surface area (Å²) in [5.41, 5.74) is 2.87. The van der Waals surface area contributed by atoms with Crippen molar-refractivity contribution < 1.29 is 14.4 Å². The molecule has 0 aromatic heterocycles. The van der Waals surface area contributed by atoms with E-state index >= 15 is 0 Å². The number of amides is 3. The average Bonchev–Trinajstić information content (AvgIpc) is 2.71. The van der Waals surface area contributed by atoms with Gasteiger partial charge in [0.2, 0.25) is 11.8 Å². The SMILES string of the molecule is Cc1cc(C)cc(C(=O)N2CCCC(C(=O)N3CCN(C(=O)C4CCC4)CC3)C2)c1. The Hall–Kier alpha value is -2.37. The topological polar surface area (TPSA) is 60.9 Å². The van der Waals surface area contributed by atoms with Crippen LogP contribution in [0.15, 0.2) is 18.2 Å². The van der Waals surface area contributed by atoms with E-state index in [0.717, 1.165) is 43.2 Å². The van der Waals surface area contributed by atoms with Gasteiger partial charge < -0.3 is 14.7 Å². The molecule has 2 aliphatic heterocycles. The van der Waals surface area contributed by atoms with Crippen LogP contribution < -0.4 is 0 Å². The molecule has 0 spiro atoms. The lowest BCUT2D eigenvalue weighted by Gasteiger charge is -2.40. The molecule has 1 aromatic rings. The van der Waals surface area contributed by atoms with Crippen molar-refractivity contribution >= 4 is 17.7 Å². The first-order valence-corrected chi connectivity index (χ1v) is 11.4. The molecule has 3 fully saturated rings. The van der Waals surface area contributed by atoms with Gasteiger partial charge in [-0.1, -0.05) is 23.6 Å². The van der Waals surface area contributed by atoms with Crippen LogP contribution in [0.3, 0.4) is 0 Å². The predicted octanol–water partition coefficient (Wildman–Crippen LogP) is 2.63. The number of carbonyl (C=O) groups excluding carboxylic acids is 3. The fourth-order valence-electron chi connectivity index (χ4n) is 4.96. The van der Waals surface area contributed by atoms with Gasteiger partial charge in [0.25, 0.3) is 5.91 Å². The minimum absolute atomic E-state index is 0.0233. The molecular weight excluding hydrogens is 378 g/mol. The first-order chi connectivity index (χ1) is 14.4. The monoisotopic (exact) mass is 411 g/mol. The van der Waals surface area contributed by atoms with Crippen molar-refractivity contribution in [2.75, 3.05) is 39.3 Å². The molecule has 1 saturated carbocycles. The van der Waals surface area contributed by atoms with E-state index < -0.39 is 0 Å². The number of benzene rings is 1. The fraction of sp³-hybridized carbons (Fsp3) is 0.625. The van der Waals surface area contributed by atoms with Crippen LogP contribution in [0.4, 0.5) is 0 Å². The third kappa shape index (κ3) is 4.37. The Morgan fingerprint density at radius 2 is 1.23 bits per heavy atom. The Bertz CT molecular complexity index is 805. The minimum atomic E-state index is -0.137. The number of piperidine rings is 1. The van der Waals surface area contributed by atoms with Crippen molar-refractivity contribution in [3.63, 3.8) is 0 Å². The molecule has 6 nitrogen and oxygen atoms in total. The van der Waals surface area contributed by atoms with Crippen LogP contribution in [-0.4, -0.2) is 71.7 Å². The molecule has 6 heteroatoms. The van der Waals surface area contributed by atoms with Gasteiger partial charge >= 0.3 is 0 Å². The van der Waals surface area contributed by atoms with E-state index in [2.05, 4.69) is 6.07 Å². The molecule has 1 aliphatic carbocycles. The van der Waals surface area contributed by atoms with E-state index in [1.54, 1.807) is 0 Å². The van der Waals surface area contributed by atoms with Gasteiger partial charge in [0, 0.05) is 50.7 Å². The number of piperazine rings is 1. The van der Waals surface area contributed by atoms with Gasteiger partial charge in [-0.05, 0) is 51.7 Å². The average molecular weight is 412 g/mol. The number of likely N-dealkylation sites (tertiary alicyclic amines) is 1. The first-order valence-electron chi connectivity index (χ1n) is 11.4. The molecule has 2 saturated heterocycles. The standard InChI is InChI=1S/C24H33N3O3/c1-17-13-18(2)15-21(14-17)24(30)27-8-4-7-20(16-27)23(29)26-11-9-25(10-12-26)22(28)19-5-3-6-19/h13-15,19-20H,3-12,16H2,1-2H3. The second kappa shape index (κ2) is 8.78. The van der Waals surface area contributed by atoms with Gasteiger partial charge in [0.05, 0.1) is 5.92 Å². The molecule has 1 aromatic carbocycles. The summed E-state index contributed by atoms with van der Waals surface area (Å²) in [7, 11) is 0. The number of hydrogen-bond donors (Lipinski definition) is 0. The Balaban J connectivity index is 1.33. The van der Waals surface area contributed by atoms with Crippen molar-refractivity contribution in [2.45, 2.75) is 46.0 Å². The zero-order valence-corrected chi connectivity index (χ0v) is 18.2. The molecular formula is C24H33N3O3. The zero-order valence-electron chi connectivity index (χ0n) is 18.2. The van der Waals surface area contributed by atoms with E-state index in [1.165, 1.54) is 0 Å². The number of hydrogen-bond acceptors (Lipinski definition) is 3. The van der Waals surface area contributed by atoms with Crippen LogP contribution in [0.2, 0.25) is 0 Å². The third-order valence-electron chi connectivity index (χ3n) is 6.88. The second-order valence-electron chi connectivity index (χ2n) is 9.25. The van der Waals surface area contributed by atoms with Crippen LogP contribution in [0.1, 0.15) is 53.6 Å². The van der Waals surface area contributed by atoms with E-state index in [-0.39, 0.29) is 29.6 Å². The number of nitrogens with zero attached hydrogens (tertiary/aromatic N) is 3. The molecule has 0 bridgehead atoms. The lowest BCUT2D eigenvalue weighted by Crippen LogP contribution is -2.55. The van der Waals surface area contributed by atoms with Crippen molar-refractivity contribution in [1.29, 1.82) is 0 Å². The molecule has 0 radical (unpaired) electrons. The van der Waals surface area contributed by atoms with Crippen LogP contribution in [0.25, 0.3) is 0 Å². The Labute approximate surface area is 179 Å². The largest absolute Gasteiger partial charge is 0.339 e. The number of rotatable bonds is 3. The Morgan fingerprint density at radius 3 is 1.77 bits per heavy atom. The highest BCUT2D eigenvalue weighted by atomic mass is 16.2. The summed E-state index contributed by atoms with van der Waals surface area (Å²) in [4.78, 5) is 44.3. The summed E-state index contributed by atoms with van der Waals surface area (Å²) in [5.74, 6) is 0.521. The summed E-state index contributed by atoms with van der Waals surface area (Å²) in [6, 6.07) is 5.92. The molecule has 1 atom stereocenters. The van der Waals surface area contributed by atoms with E-state index in [9.17, 15) is 14.4 Å². The maximum Gasteiger partial charge on any atom is 0.253 e. The highest BCUT2D eigenvalue weighted by Gasteiger charge is 2.35. The van der Waals surface area contributed by atoms with E-state index in [0.29, 0.717) is 44.8 Å². The predicted molar refractivity (Wildman–Crippen MR) is 115 cm³/mol. The van der Waals surface area contributed by atoms with Gasteiger partial charge in [-0.3, -0.25) is 14.4 Å². The first kappa shape index (κ1) is 20.9. The maximum absolute atomic E-state index is 13.1. The highest BCUT2D eigenvalue weighted by Crippen LogP contribution is 2.29. The minimum Gasteiger partial charge on any atom is -0.339 e. The molecule has 4 rings (SSSR count). The maximum atomic E-state index is 13.1. The summed E-state index contributed by atoms with van der Waals surface area (Å²) >= 11 is 0. The van der Waals surface area contributed by atoms with Crippen molar-refractivity contribution in [3.05, 3.63) is 34.9 Å². The molecule has 30 heavy (non-hydrogen) atoms. The smallest absolute Gasteiger partial charge is 0.253 e. The molecule has 2 heterocycles. The van der Waals surface area contributed by atoms with Crippen LogP contribution in [0, 0.1) is 25.7 Å². The van der Waals surface area contributed by atoms with Gasteiger partial charge in [-0.2, -0.15) is 0 Å². The fourth-order valence-corrected chi connectivity index (χ4v) is 4.96. The normalized spacial score (nSPS) is 22.6. The zero-order chi connectivity index (χ0) is 21.3. The Kier molecular flexibility index (Phi) is 6.11. The van der Waals surface area contributed by atoms with Crippen LogP contribution in [0.5, 0.6) is 0 Å². The van der Waals surface area contributed by atoms with Crippen molar-refractivity contribution in [2.24, 2.45) is 11.8 Å². The van der Waals surface area contributed by atoms with Crippen molar-refractivity contribution in [1.82, 2.24) is 14.7 Å². The lowest BCUT2D eigenvalue weighted by atomic mass is 9.84. The molecule has 3 aliphatic rings. The lowest BCUT2D eigenvalue weighted by molar-refractivity contribution is -0.146. The summed E-state index contributed by atoms with van der Waals surface area (Å²) < 4.78 is 0. The molecule has 3 amide bonds. The summed E-state index contributed by atoms with van der Waals surface area (Å²) in [6.07, 6.45) is 4.88. The highest BCUT2D eigenvalue weighted by molar-refractivity contribution is 5.95. The van der Waals surface area contributed by atoms with Crippen LogP contribution >= 0.6 is 0 Å². The molecule has 0 N–H and O–H groups in total. The van der Waals surface area contributed by atoms with E-state index in [1.807, 2.05) is 40.7 Å². The third-order valence-corrected chi connectivity index (χ3v) is 6.88. The van der Waals surface area contributed by atoms with Gasteiger partial charge in [-0.15, -0.1) is 0 Å². The van der Waals surface area contributed by atoms with Gasteiger partial charge in [0.15, 0.2) is 0 Å². The summed E-state index contributed by atoms with van der Waals surface area (Å²) in [6.45, 7) is 7.70. The molecule has 162 valence electrons. The van der Waals surface area contributed by atoms with Crippen molar-refractivity contribution in [3.8, 4) is 0 Å². The number of carbonyl (C=O) groups is 3. The number of aryl methyl sites for hydroxylation is 2. The second-order valence-corrected chi connectivity index (χ2v) is 9.25.